The lowest BCUT2D eigenvalue weighted by Crippen LogP contribution is -2.37. The molecule has 168 valence electrons. The van der Waals surface area contributed by atoms with Gasteiger partial charge in [0, 0.05) is 30.9 Å². The van der Waals surface area contributed by atoms with E-state index in [0.29, 0.717) is 11.4 Å². The van der Waals surface area contributed by atoms with Crippen molar-refractivity contribution in [1.82, 2.24) is 5.32 Å². The Morgan fingerprint density at radius 3 is 2.47 bits per heavy atom. The van der Waals surface area contributed by atoms with E-state index in [2.05, 4.69) is 10.6 Å². The molecular formula is C22H24N4O6. The highest BCUT2D eigenvalue weighted by Crippen LogP contribution is 2.29. The van der Waals surface area contributed by atoms with Crippen LogP contribution in [0, 0.1) is 24.0 Å². The van der Waals surface area contributed by atoms with E-state index in [4.69, 9.17) is 4.74 Å². The topological polar surface area (TPSA) is 131 Å². The number of nitrogens with zero attached hydrogens (tertiary/aromatic N) is 2. The summed E-state index contributed by atoms with van der Waals surface area (Å²) in [5, 5.41) is 15.8. The Balaban J connectivity index is 1.62. The van der Waals surface area contributed by atoms with Gasteiger partial charge in [-0.3, -0.25) is 20.2 Å². The average Bonchev–Trinajstić information content (AvgIpc) is 3.28. The molecular weight excluding hydrogens is 416 g/mol. The molecule has 0 bridgehead atoms. The molecule has 0 atom stereocenters. The molecule has 32 heavy (non-hydrogen) atoms. The first-order valence-electron chi connectivity index (χ1n) is 10.1. The van der Waals surface area contributed by atoms with Crippen molar-refractivity contribution in [3.8, 4) is 0 Å². The molecule has 0 spiro atoms. The van der Waals surface area contributed by atoms with Crippen LogP contribution in [-0.2, 0) is 9.53 Å². The van der Waals surface area contributed by atoms with E-state index in [1.54, 1.807) is 6.07 Å². The van der Waals surface area contributed by atoms with Crippen molar-refractivity contribution in [2.24, 2.45) is 0 Å². The van der Waals surface area contributed by atoms with Crippen molar-refractivity contribution in [3.63, 3.8) is 0 Å². The highest BCUT2D eigenvalue weighted by Gasteiger charge is 2.24. The number of benzene rings is 2. The predicted molar refractivity (Wildman–Crippen MR) is 118 cm³/mol. The maximum absolute atomic E-state index is 12.6. The smallest absolute Gasteiger partial charge is 0.341 e. The van der Waals surface area contributed by atoms with Crippen LogP contribution in [0.2, 0.25) is 0 Å². The molecule has 0 saturated carbocycles. The fourth-order valence-corrected chi connectivity index (χ4v) is 3.51. The van der Waals surface area contributed by atoms with Gasteiger partial charge in [0.05, 0.1) is 16.2 Å². The van der Waals surface area contributed by atoms with Crippen molar-refractivity contribution < 1.29 is 24.0 Å². The van der Waals surface area contributed by atoms with Gasteiger partial charge in [0.2, 0.25) is 0 Å². The number of anilines is 2. The number of carbonyl (C=O) groups is 3. The zero-order valence-electron chi connectivity index (χ0n) is 17.8. The van der Waals surface area contributed by atoms with E-state index in [0.717, 1.165) is 43.1 Å². The maximum atomic E-state index is 12.6. The second kappa shape index (κ2) is 9.90. The van der Waals surface area contributed by atoms with Gasteiger partial charge in [-0.2, -0.15) is 0 Å². The number of esters is 1. The van der Waals surface area contributed by atoms with Crippen LogP contribution < -0.4 is 15.5 Å². The van der Waals surface area contributed by atoms with Gasteiger partial charge in [-0.1, -0.05) is 17.7 Å². The minimum Gasteiger partial charge on any atom is -0.452 e. The van der Waals surface area contributed by atoms with Crippen molar-refractivity contribution in [3.05, 3.63) is 63.2 Å². The minimum atomic E-state index is -0.875. The monoisotopic (exact) mass is 440 g/mol. The average molecular weight is 440 g/mol. The lowest BCUT2D eigenvalue weighted by atomic mass is 10.1. The zero-order chi connectivity index (χ0) is 23.3. The summed E-state index contributed by atoms with van der Waals surface area (Å²) in [5.41, 5.74) is 2.69. The lowest BCUT2D eigenvalue weighted by molar-refractivity contribution is -0.384. The molecule has 2 aromatic carbocycles. The molecule has 1 fully saturated rings. The summed E-state index contributed by atoms with van der Waals surface area (Å²) in [6.45, 7) is 4.48. The number of nitrogens with one attached hydrogen (secondary N) is 2. The molecule has 0 aromatic heterocycles. The molecule has 3 rings (SSSR count). The van der Waals surface area contributed by atoms with Crippen molar-refractivity contribution in [2.75, 3.05) is 29.9 Å². The Bertz CT molecular complexity index is 1060. The second-order valence-corrected chi connectivity index (χ2v) is 7.55. The molecule has 10 nitrogen and oxygen atoms in total. The summed E-state index contributed by atoms with van der Waals surface area (Å²) >= 11 is 0. The van der Waals surface area contributed by atoms with Crippen molar-refractivity contribution in [2.45, 2.75) is 26.7 Å². The molecule has 0 radical (unpaired) electrons. The van der Waals surface area contributed by atoms with Gasteiger partial charge in [-0.25, -0.2) is 9.59 Å². The number of non-ortho nitro benzene ring substituents is 1. The summed E-state index contributed by atoms with van der Waals surface area (Å²) in [6.07, 6.45) is 1.90. The zero-order valence-corrected chi connectivity index (χ0v) is 17.8. The number of nitro groups is 1. The Kier molecular flexibility index (Phi) is 7.04. The van der Waals surface area contributed by atoms with Gasteiger partial charge in [0.25, 0.3) is 11.6 Å². The number of nitro benzene ring substituents is 1. The van der Waals surface area contributed by atoms with E-state index >= 15 is 0 Å². The molecule has 1 aliphatic rings. The van der Waals surface area contributed by atoms with Crippen LogP contribution in [0.1, 0.15) is 34.3 Å². The third kappa shape index (κ3) is 5.60. The quantitative estimate of drug-likeness (QED) is 0.400. The lowest BCUT2D eigenvalue weighted by Gasteiger charge is -2.20. The molecule has 1 heterocycles. The number of imide groups is 1. The third-order valence-corrected chi connectivity index (χ3v) is 5.08. The fraction of sp³-hybridized carbons (Fsp3) is 0.318. The summed E-state index contributed by atoms with van der Waals surface area (Å²) in [7, 11) is 0. The van der Waals surface area contributed by atoms with Gasteiger partial charge in [-0.05, 0) is 44.4 Å². The first-order valence-corrected chi connectivity index (χ1v) is 10.1. The Hall–Kier alpha value is -3.95. The number of hydrogen-bond donors (Lipinski definition) is 2. The highest BCUT2D eigenvalue weighted by atomic mass is 16.6. The van der Waals surface area contributed by atoms with Gasteiger partial charge in [-0.15, -0.1) is 0 Å². The highest BCUT2D eigenvalue weighted by molar-refractivity contribution is 6.03. The number of rotatable bonds is 6. The van der Waals surface area contributed by atoms with Crippen LogP contribution in [0.3, 0.4) is 0 Å². The number of aryl methyl sites for hydroxylation is 2. The third-order valence-electron chi connectivity index (χ3n) is 5.08. The standard InChI is InChI=1S/C22H24N4O6/c1-14-5-7-18(15(2)11-14)23-22(29)24-20(27)13-32-21(28)17-12-16(26(30)31)6-8-19(17)25-9-3-4-10-25/h5-8,11-12H,3-4,9-10,13H2,1-2H3,(H2,23,24,27,29). The number of carbonyl (C=O) groups excluding carboxylic acids is 3. The largest absolute Gasteiger partial charge is 0.452 e. The van der Waals surface area contributed by atoms with Crippen LogP contribution in [0.4, 0.5) is 21.9 Å². The number of ether oxygens (including phenoxy) is 1. The summed E-state index contributed by atoms with van der Waals surface area (Å²) in [6, 6.07) is 8.65. The van der Waals surface area contributed by atoms with Gasteiger partial charge < -0.3 is 15.0 Å². The van der Waals surface area contributed by atoms with Crippen LogP contribution in [0.15, 0.2) is 36.4 Å². The molecule has 2 N–H and O–H groups in total. The van der Waals surface area contributed by atoms with E-state index in [-0.39, 0.29) is 11.3 Å². The van der Waals surface area contributed by atoms with Crippen LogP contribution in [0.5, 0.6) is 0 Å². The number of hydrogen-bond acceptors (Lipinski definition) is 7. The molecule has 1 saturated heterocycles. The van der Waals surface area contributed by atoms with Crippen molar-refractivity contribution in [1.29, 1.82) is 0 Å². The van der Waals surface area contributed by atoms with E-state index < -0.39 is 29.4 Å². The Morgan fingerprint density at radius 2 is 1.81 bits per heavy atom. The van der Waals surface area contributed by atoms with E-state index in [1.165, 1.54) is 12.1 Å². The predicted octanol–water partition coefficient (Wildman–Crippen LogP) is 3.32. The fourth-order valence-electron chi connectivity index (χ4n) is 3.51. The number of urea groups is 1. The first kappa shape index (κ1) is 22.7. The SMILES string of the molecule is Cc1ccc(NC(=O)NC(=O)COC(=O)c2cc([N+](=O)[O-])ccc2N2CCCC2)c(C)c1. The molecule has 10 heteroatoms. The molecule has 3 amide bonds. The normalized spacial score (nSPS) is 12.9. The van der Waals surface area contributed by atoms with Gasteiger partial charge in [0.15, 0.2) is 6.61 Å². The molecule has 0 aliphatic carbocycles. The van der Waals surface area contributed by atoms with Gasteiger partial charge >= 0.3 is 12.0 Å². The molecule has 2 aromatic rings. The van der Waals surface area contributed by atoms with Crippen LogP contribution in [-0.4, -0.2) is 42.5 Å². The summed E-state index contributed by atoms with van der Waals surface area (Å²) in [4.78, 5) is 49.2. The Morgan fingerprint density at radius 1 is 1.09 bits per heavy atom. The van der Waals surface area contributed by atoms with Crippen LogP contribution >= 0.6 is 0 Å². The molecule has 0 unspecified atom stereocenters. The molecule has 1 aliphatic heterocycles. The Labute approximate surface area is 184 Å². The van der Waals surface area contributed by atoms with E-state index in [1.807, 2.05) is 30.9 Å². The first-order chi connectivity index (χ1) is 15.2. The van der Waals surface area contributed by atoms with E-state index in [9.17, 15) is 24.5 Å². The maximum Gasteiger partial charge on any atom is 0.341 e. The summed E-state index contributed by atoms with van der Waals surface area (Å²) in [5.74, 6) is -1.70. The van der Waals surface area contributed by atoms with Crippen LogP contribution in [0.25, 0.3) is 0 Å². The summed E-state index contributed by atoms with van der Waals surface area (Å²) < 4.78 is 5.04. The van der Waals surface area contributed by atoms with Gasteiger partial charge in [0.1, 0.15) is 0 Å². The van der Waals surface area contributed by atoms with Crippen molar-refractivity contribution >= 4 is 35.0 Å². The number of amides is 3. The second-order valence-electron chi connectivity index (χ2n) is 7.55. The minimum absolute atomic E-state index is 0.00799.